The Bertz CT molecular complexity index is 592. The minimum absolute atomic E-state index is 0.0106. The molecule has 2 aliphatic heterocycles. The molecule has 0 radical (unpaired) electrons. The number of aliphatic carboxylic acids is 1. The van der Waals surface area contributed by atoms with Crippen LogP contribution in [0.2, 0.25) is 0 Å². The van der Waals surface area contributed by atoms with Crippen molar-refractivity contribution in [2.24, 2.45) is 11.8 Å². The first-order chi connectivity index (χ1) is 10.7. The second-order valence-corrected chi connectivity index (χ2v) is 6.96. The Morgan fingerprint density at radius 2 is 1.73 bits per heavy atom. The molecule has 4 heteroatoms. The standard InChI is InChI=1S/C18H21NO3/c20-17(15-10-14(15)11-4-2-1-3-5-11)19-13-8-6-12(7-9-13)16(19)18(21)22/h1-5,12-16H,6-10H2,(H,21,22)/t12?,13?,14-,15+,16-/m0/s1. The molecule has 5 rings (SSSR count). The molecular weight excluding hydrogens is 278 g/mol. The van der Waals surface area contributed by atoms with E-state index in [2.05, 4.69) is 12.1 Å². The van der Waals surface area contributed by atoms with Gasteiger partial charge < -0.3 is 10.0 Å². The lowest BCUT2D eigenvalue weighted by Gasteiger charge is -2.49. The molecule has 2 aliphatic carbocycles. The van der Waals surface area contributed by atoms with E-state index in [1.165, 1.54) is 5.56 Å². The highest BCUT2D eigenvalue weighted by Gasteiger charge is 2.53. The first kappa shape index (κ1) is 13.8. The summed E-state index contributed by atoms with van der Waals surface area (Å²) in [4.78, 5) is 26.3. The second-order valence-electron chi connectivity index (χ2n) is 6.96. The molecular formula is C18H21NO3. The first-order valence-corrected chi connectivity index (χ1v) is 8.26. The maximum atomic E-state index is 12.9. The van der Waals surface area contributed by atoms with Crippen molar-refractivity contribution in [1.82, 2.24) is 4.90 Å². The van der Waals surface area contributed by atoms with E-state index in [0.29, 0.717) is 0 Å². The largest absolute Gasteiger partial charge is 0.480 e. The fourth-order valence-electron chi connectivity index (χ4n) is 4.52. The van der Waals surface area contributed by atoms with E-state index in [1.807, 2.05) is 18.2 Å². The highest BCUT2D eigenvalue weighted by Crippen LogP contribution is 2.51. The van der Waals surface area contributed by atoms with Gasteiger partial charge in [-0.15, -0.1) is 0 Å². The monoisotopic (exact) mass is 299 g/mol. The van der Waals surface area contributed by atoms with Crippen LogP contribution in [0.3, 0.4) is 0 Å². The van der Waals surface area contributed by atoms with Gasteiger partial charge in [0, 0.05) is 12.0 Å². The highest BCUT2D eigenvalue weighted by atomic mass is 16.4. The van der Waals surface area contributed by atoms with Crippen LogP contribution in [0.5, 0.6) is 0 Å². The number of hydrogen-bond acceptors (Lipinski definition) is 2. The minimum atomic E-state index is -0.820. The van der Waals surface area contributed by atoms with Crippen LogP contribution in [0.25, 0.3) is 0 Å². The van der Waals surface area contributed by atoms with Crippen LogP contribution >= 0.6 is 0 Å². The molecule has 4 fully saturated rings. The van der Waals surface area contributed by atoms with Crippen molar-refractivity contribution in [2.75, 3.05) is 0 Å². The van der Waals surface area contributed by atoms with E-state index in [4.69, 9.17) is 0 Å². The number of rotatable bonds is 3. The molecule has 1 amide bonds. The molecule has 2 saturated heterocycles. The Morgan fingerprint density at radius 1 is 1.05 bits per heavy atom. The maximum absolute atomic E-state index is 12.9. The lowest BCUT2D eigenvalue weighted by atomic mass is 9.74. The van der Waals surface area contributed by atoms with Gasteiger partial charge in [-0.2, -0.15) is 0 Å². The number of benzene rings is 1. The number of carboxylic acid groups (broad SMARTS) is 1. The molecule has 0 spiro atoms. The van der Waals surface area contributed by atoms with Crippen LogP contribution in [0.4, 0.5) is 0 Å². The molecule has 2 saturated carbocycles. The number of hydrogen-bond donors (Lipinski definition) is 1. The number of nitrogens with zero attached hydrogens (tertiary/aromatic N) is 1. The molecule has 2 heterocycles. The van der Waals surface area contributed by atoms with Crippen molar-refractivity contribution >= 4 is 11.9 Å². The molecule has 4 aliphatic rings. The van der Waals surface area contributed by atoms with Crippen LogP contribution in [-0.4, -0.2) is 34.0 Å². The normalized spacial score (nSPS) is 36.2. The van der Waals surface area contributed by atoms with Gasteiger partial charge in [0.2, 0.25) is 5.91 Å². The third-order valence-electron chi connectivity index (χ3n) is 5.72. The summed E-state index contributed by atoms with van der Waals surface area (Å²) < 4.78 is 0. The Hall–Kier alpha value is -1.84. The molecule has 0 unspecified atom stereocenters. The van der Waals surface area contributed by atoms with E-state index in [0.717, 1.165) is 32.1 Å². The van der Waals surface area contributed by atoms with Gasteiger partial charge in [0.15, 0.2) is 0 Å². The maximum Gasteiger partial charge on any atom is 0.326 e. The number of amides is 1. The van der Waals surface area contributed by atoms with E-state index >= 15 is 0 Å². The van der Waals surface area contributed by atoms with Gasteiger partial charge >= 0.3 is 5.97 Å². The van der Waals surface area contributed by atoms with Gasteiger partial charge in [-0.3, -0.25) is 4.79 Å². The van der Waals surface area contributed by atoms with E-state index in [1.54, 1.807) is 4.90 Å². The average molecular weight is 299 g/mol. The summed E-state index contributed by atoms with van der Waals surface area (Å²) in [5.74, 6) is -0.317. The van der Waals surface area contributed by atoms with Gasteiger partial charge in [-0.05, 0) is 49.5 Å². The van der Waals surface area contributed by atoms with Crippen molar-refractivity contribution in [3.8, 4) is 0 Å². The number of carbonyl (C=O) groups is 2. The average Bonchev–Trinajstić information content (AvgIpc) is 3.36. The van der Waals surface area contributed by atoms with E-state index in [9.17, 15) is 14.7 Å². The zero-order chi connectivity index (χ0) is 15.3. The molecule has 116 valence electrons. The summed E-state index contributed by atoms with van der Waals surface area (Å²) in [6, 6.07) is 9.67. The van der Waals surface area contributed by atoms with Crippen LogP contribution in [0.15, 0.2) is 30.3 Å². The Labute approximate surface area is 130 Å². The molecule has 4 nitrogen and oxygen atoms in total. The predicted octanol–water partition coefficient (Wildman–Crippen LogP) is 2.64. The van der Waals surface area contributed by atoms with Crippen LogP contribution in [0, 0.1) is 11.8 Å². The van der Waals surface area contributed by atoms with Gasteiger partial charge in [0.05, 0.1) is 0 Å². The zero-order valence-corrected chi connectivity index (χ0v) is 12.5. The fourth-order valence-corrected chi connectivity index (χ4v) is 4.52. The highest BCUT2D eigenvalue weighted by molar-refractivity contribution is 5.88. The summed E-state index contributed by atoms with van der Waals surface area (Å²) in [7, 11) is 0. The number of carboxylic acids is 1. The smallest absolute Gasteiger partial charge is 0.326 e. The minimum Gasteiger partial charge on any atom is -0.480 e. The third-order valence-corrected chi connectivity index (χ3v) is 5.72. The van der Waals surface area contributed by atoms with Crippen molar-refractivity contribution in [3.05, 3.63) is 35.9 Å². The predicted molar refractivity (Wildman–Crippen MR) is 81.3 cm³/mol. The molecule has 3 atom stereocenters. The quantitative estimate of drug-likeness (QED) is 0.933. The van der Waals surface area contributed by atoms with Gasteiger partial charge in [0.25, 0.3) is 0 Å². The summed E-state index contributed by atoms with van der Waals surface area (Å²) in [6.45, 7) is 0. The van der Waals surface area contributed by atoms with Crippen LogP contribution in [-0.2, 0) is 9.59 Å². The third kappa shape index (κ3) is 2.13. The van der Waals surface area contributed by atoms with Crippen LogP contribution in [0.1, 0.15) is 43.6 Å². The van der Waals surface area contributed by atoms with Crippen molar-refractivity contribution in [1.29, 1.82) is 0 Å². The summed E-state index contributed by atoms with van der Waals surface area (Å²) in [5.41, 5.74) is 1.20. The first-order valence-electron chi connectivity index (χ1n) is 8.26. The Balaban J connectivity index is 1.54. The molecule has 0 aromatic heterocycles. The summed E-state index contributed by atoms with van der Waals surface area (Å²) in [5, 5.41) is 9.57. The molecule has 1 N–H and O–H groups in total. The summed E-state index contributed by atoms with van der Waals surface area (Å²) >= 11 is 0. The van der Waals surface area contributed by atoms with Gasteiger partial charge in [0.1, 0.15) is 6.04 Å². The Morgan fingerprint density at radius 3 is 2.36 bits per heavy atom. The van der Waals surface area contributed by atoms with Crippen molar-refractivity contribution < 1.29 is 14.7 Å². The number of carbonyl (C=O) groups excluding carboxylic acids is 1. The van der Waals surface area contributed by atoms with Gasteiger partial charge in [-0.25, -0.2) is 4.79 Å². The zero-order valence-electron chi connectivity index (χ0n) is 12.5. The topological polar surface area (TPSA) is 57.6 Å². The molecule has 1 aromatic carbocycles. The van der Waals surface area contributed by atoms with Gasteiger partial charge in [-0.1, -0.05) is 30.3 Å². The van der Waals surface area contributed by atoms with E-state index < -0.39 is 12.0 Å². The lowest BCUT2D eigenvalue weighted by molar-refractivity contribution is -0.163. The van der Waals surface area contributed by atoms with E-state index in [-0.39, 0.29) is 29.7 Å². The molecule has 1 aromatic rings. The second kappa shape index (κ2) is 5.11. The summed E-state index contributed by atoms with van der Waals surface area (Å²) in [6.07, 6.45) is 4.73. The molecule has 2 bridgehead atoms. The van der Waals surface area contributed by atoms with Crippen molar-refractivity contribution in [2.45, 2.75) is 50.1 Å². The Kier molecular flexibility index (Phi) is 3.21. The molecule has 22 heavy (non-hydrogen) atoms. The SMILES string of the molecule is O=C(O)[C@@H]1C2CCC(CC2)N1C(=O)[C@@H]1C[C@H]1c1ccccc1. The van der Waals surface area contributed by atoms with Crippen LogP contribution < -0.4 is 0 Å². The number of piperidine rings is 2. The lowest BCUT2D eigenvalue weighted by Crippen LogP contribution is -2.60. The van der Waals surface area contributed by atoms with Crippen molar-refractivity contribution in [3.63, 3.8) is 0 Å². The number of fused-ring (bicyclic) bond motifs is 3. The fraction of sp³-hybridized carbons (Fsp3) is 0.556.